The van der Waals surface area contributed by atoms with Gasteiger partial charge in [0.15, 0.2) is 0 Å². The Morgan fingerprint density at radius 2 is 1.89 bits per heavy atom. The summed E-state index contributed by atoms with van der Waals surface area (Å²) in [5.74, 6) is 0.498. The van der Waals surface area contributed by atoms with Crippen molar-refractivity contribution in [3.05, 3.63) is 54.4 Å². The number of rotatable bonds is 3. The lowest BCUT2D eigenvalue weighted by molar-refractivity contribution is 1.09. The number of nitrogens with zero attached hydrogens (tertiary/aromatic N) is 3. The summed E-state index contributed by atoms with van der Waals surface area (Å²) in [5.41, 5.74) is 22.6. The van der Waals surface area contributed by atoms with Gasteiger partial charge in [0.2, 0.25) is 5.95 Å². The van der Waals surface area contributed by atoms with Crippen molar-refractivity contribution in [1.29, 1.82) is 0 Å². The first kappa shape index (κ1) is 16.7. The monoisotopic (exact) mass is 387 g/mol. The minimum absolute atomic E-state index is 0.154. The summed E-state index contributed by atoms with van der Waals surface area (Å²) in [5, 5.41) is 9.51. The lowest BCUT2D eigenvalue weighted by Gasteiger charge is -2.10. The van der Waals surface area contributed by atoms with Gasteiger partial charge in [-0.05, 0) is 34.7 Å². The first-order valence-corrected chi connectivity index (χ1v) is 9.53. The minimum atomic E-state index is 0.154. The maximum absolute atomic E-state index is 6.13. The van der Waals surface area contributed by atoms with Crippen LogP contribution in [0.15, 0.2) is 48.8 Å². The number of aromatic nitrogens is 4. The van der Waals surface area contributed by atoms with E-state index in [1.54, 1.807) is 23.7 Å². The third-order valence-electron chi connectivity index (χ3n) is 4.84. The summed E-state index contributed by atoms with van der Waals surface area (Å²) < 4.78 is 1.20. The second-order valence-corrected chi connectivity index (χ2v) is 7.55. The van der Waals surface area contributed by atoms with Gasteiger partial charge in [-0.25, -0.2) is 4.98 Å². The topological polar surface area (TPSA) is 133 Å². The molecule has 0 unspecified atom stereocenters. The minimum Gasteiger partial charge on any atom is -0.383 e. The molecule has 5 aromatic rings. The lowest BCUT2D eigenvalue weighted by Crippen LogP contribution is -2.01. The zero-order valence-electron chi connectivity index (χ0n) is 14.8. The van der Waals surface area contributed by atoms with Crippen molar-refractivity contribution in [2.75, 3.05) is 11.5 Å². The van der Waals surface area contributed by atoms with Gasteiger partial charge in [-0.3, -0.25) is 5.10 Å². The second-order valence-electron chi connectivity index (χ2n) is 6.50. The van der Waals surface area contributed by atoms with Crippen LogP contribution in [0, 0.1) is 0 Å². The van der Waals surface area contributed by atoms with Crippen LogP contribution in [0.25, 0.3) is 42.6 Å². The van der Waals surface area contributed by atoms with Gasteiger partial charge < -0.3 is 17.2 Å². The molecule has 0 saturated carbocycles. The van der Waals surface area contributed by atoms with Gasteiger partial charge in [0.05, 0.1) is 11.7 Å². The predicted octanol–water partition coefficient (Wildman–Crippen LogP) is 3.52. The Hall–Kier alpha value is -3.49. The van der Waals surface area contributed by atoms with Crippen LogP contribution in [0.2, 0.25) is 0 Å². The molecule has 0 saturated heterocycles. The first-order chi connectivity index (χ1) is 13.7. The van der Waals surface area contributed by atoms with E-state index in [0.29, 0.717) is 12.4 Å². The van der Waals surface area contributed by atoms with Crippen molar-refractivity contribution in [2.45, 2.75) is 6.54 Å². The molecule has 0 aliphatic heterocycles. The molecule has 8 heteroatoms. The molecular formula is C20H17N7S. The lowest BCUT2D eigenvalue weighted by atomic mass is 9.98. The molecule has 0 aliphatic rings. The van der Waals surface area contributed by atoms with E-state index in [2.05, 4.69) is 38.4 Å². The zero-order valence-corrected chi connectivity index (χ0v) is 15.6. The number of anilines is 2. The highest BCUT2D eigenvalue weighted by molar-refractivity contribution is 7.22. The van der Waals surface area contributed by atoms with E-state index < -0.39 is 0 Å². The maximum Gasteiger partial charge on any atom is 0.221 e. The zero-order chi connectivity index (χ0) is 19.3. The van der Waals surface area contributed by atoms with Gasteiger partial charge in [-0.1, -0.05) is 18.2 Å². The molecule has 3 heterocycles. The number of thiophene rings is 1. The fourth-order valence-electron chi connectivity index (χ4n) is 3.54. The van der Waals surface area contributed by atoms with Crippen molar-refractivity contribution in [1.82, 2.24) is 20.2 Å². The van der Waals surface area contributed by atoms with Crippen molar-refractivity contribution < 1.29 is 0 Å². The molecule has 0 spiro atoms. The van der Waals surface area contributed by atoms with Crippen LogP contribution in [0.1, 0.15) is 5.56 Å². The Labute approximate surface area is 164 Å². The number of benzene rings is 2. The second kappa shape index (κ2) is 6.29. The van der Waals surface area contributed by atoms with Gasteiger partial charge >= 0.3 is 0 Å². The van der Waals surface area contributed by atoms with Crippen molar-refractivity contribution >= 4 is 44.1 Å². The van der Waals surface area contributed by atoms with E-state index in [-0.39, 0.29) is 5.95 Å². The molecule has 7 nitrogen and oxygen atoms in total. The van der Waals surface area contributed by atoms with Gasteiger partial charge in [0.25, 0.3) is 0 Å². The van der Waals surface area contributed by atoms with Gasteiger partial charge in [0, 0.05) is 38.8 Å². The molecule has 0 radical (unpaired) electrons. The Kier molecular flexibility index (Phi) is 3.75. The first-order valence-electron chi connectivity index (χ1n) is 8.72. The Bertz CT molecular complexity index is 1340. The van der Waals surface area contributed by atoms with Crippen LogP contribution >= 0.6 is 11.3 Å². The van der Waals surface area contributed by atoms with Gasteiger partial charge in [0.1, 0.15) is 5.82 Å². The summed E-state index contributed by atoms with van der Waals surface area (Å²) in [6.45, 7) is 0.451. The average molecular weight is 387 g/mol. The molecule has 5 rings (SSSR count). The number of nitrogens with one attached hydrogen (secondary N) is 1. The number of H-pyrrole nitrogens is 1. The molecule has 3 aromatic heterocycles. The average Bonchev–Trinajstić information content (AvgIpc) is 3.31. The fraction of sp³-hybridized carbons (Fsp3) is 0.0500. The van der Waals surface area contributed by atoms with E-state index in [1.165, 1.54) is 10.1 Å². The largest absolute Gasteiger partial charge is 0.383 e. The number of nitrogen functional groups attached to an aromatic ring is 2. The Balaban J connectivity index is 1.82. The van der Waals surface area contributed by atoms with Crippen molar-refractivity contribution in [3.63, 3.8) is 0 Å². The Morgan fingerprint density at radius 3 is 2.71 bits per heavy atom. The standard InChI is InChI=1S/C20H17N7S/c21-7-14-12-3-1-2-4-16(12)28-18(14)13-6-10(5-11-8-25-27-17(11)13)15-9-24-20(23)26-19(15)22/h1-6,8-9H,7,21H2,(H,25,27)(H4,22,23,24,26). The summed E-state index contributed by atoms with van der Waals surface area (Å²) in [6, 6.07) is 12.4. The SMILES string of the molecule is NCc1c(-c2cc(-c3cnc(N)nc3N)cc3cn[nH]c23)sc2ccccc12. The van der Waals surface area contributed by atoms with E-state index in [1.807, 2.05) is 18.2 Å². The summed E-state index contributed by atoms with van der Waals surface area (Å²) in [4.78, 5) is 9.31. The molecule has 0 bridgehead atoms. The molecular weight excluding hydrogens is 370 g/mol. The number of hydrogen-bond acceptors (Lipinski definition) is 7. The third kappa shape index (κ3) is 2.50. The quantitative estimate of drug-likeness (QED) is 0.374. The summed E-state index contributed by atoms with van der Waals surface area (Å²) >= 11 is 1.72. The van der Waals surface area contributed by atoms with Crippen LogP contribution in [-0.2, 0) is 6.54 Å². The number of aromatic amines is 1. The molecule has 0 fully saturated rings. The van der Waals surface area contributed by atoms with E-state index in [0.717, 1.165) is 38.0 Å². The van der Waals surface area contributed by atoms with E-state index >= 15 is 0 Å². The van der Waals surface area contributed by atoms with Gasteiger partial charge in [-0.2, -0.15) is 10.1 Å². The summed E-state index contributed by atoms with van der Waals surface area (Å²) in [7, 11) is 0. The van der Waals surface area contributed by atoms with Crippen LogP contribution in [0.3, 0.4) is 0 Å². The van der Waals surface area contributed by atoms with Crippen LogP contribution in [0.5, 0.6) is 0 Å². The molecule has 0 aliphatic carbocycles. The molecule has 2 aromatic carbocycles. The Morgan fingerprint density at radius 1 is 1.04 bits per heavy atom. The van der Waals surface area contributed by atoms with Crippen molar-refractivity contribution in [3.8, 4) is 21.6 Å². The number of nitrogens with two attached hydrogens (primary N) is 3. The molecule has 28 heavy (non-hydrogen) atoms. The van der Waals surface area contributed by atoms with Crippen LogP contribution in [0.4, 0.5) is 11.8 Å². The van der Waals surface area contributed by atoms with Crippen LogP contribution < -0.4 is 17.2 Å². The predicted molar refractivity (Wildman–Crippen MR) is 115 cm³/mol. The number of hydrogen-bond donors (Lipinski definition) is 4. The normalized spacial score (nSPS) is 11.5. The van der Waals surface area contributed by atoms with Crippen LogP contribution in [-0.4, -0.2) is 20.2 Å². The maximum atomic E-state index is 6.13. The summed E-state index contributed by atoms with van der Waals surface area (Å²) in [6.07, 6.45) is 3.45. The molecule has 0 atom stereocenters. The fourth-order valence-corrected chi connectivity index (χ4v) is 4.80. The third-order valence-corrected chi connectivity index (χ3v) is 6.09. The van der Waals surface area contributed by atoms with E-state index in [4.69, 9.17) is 17.2 Å². The number of fused-ring (bicyclic) bond motifs is 2. The smallest absolute Gasteiger partial charge is 0.221 e. The highest BCUT2D eigenvalue weighted by Gasteiger charge is 2.18. The van der Waals surface area contributed by atoms with E-state index in [9.17, 15) is 0 Å². The molecule has 138 valence electrons. The van der Waals surface area contributed by atoms with Crippen molar-refractivity contribution in [2.24, 2.45) is 5.73 Å². The highest BCUT2D eigenvalue weighted by atomic mass is 32.1. The highest BCUT2D eigenvalue weighted by Crippen LogP contribution is 2.42. The van der Waals surface area contributed by atoms with Gasteiger partial charge in [-0.15, -0.1) is 11.3 Å². The molecule has 7 N–H and O–H groups in total. The molecule has 0 amide bonds.